The van der Waals surface area contributed by atoms with Crippen LogP contribution >= 0.6 is 33.7 Å². The molecule has 36 heavy (non-hydrogen) atoms. The largest absolute Gasteiger partial charge is 0.393 e. The molecule has 198 valence electrons. The Morgan fingerprint density at radius 2 is 2.08 bits per heavy atom. The van der Waals surface area contributed by atoms with Gasteiger partial charge in [0.2, 0.25) is 5.91 Å². The van der Waals surface area contributed by atoms with Gasteiger partial charge in [0.15, 0.2) is 21.9 Å². The average Bonchev–Trinajstić information content (AvgIpc) is 3.44. The molecule has 0 radical (unpaired) electrons. The number of rotatable bonds is 13. The number of β-lactam (4-membered cyclic amide) rings is 1. The van der Waals surface area contributed by atoms with Crippen LogP contribution in [0.25, 0.3) is 0 Å². The lowest BCUT2D eigenvalue weighted by atomic mass is 9.89. The fourth-order valence-electron chi connectivity index (χ4n) is 3.36. The molecule has 0 spiro atoms. The molecule has 1 aliphatic rings. The van der Waals surface area contributed by atoms with E-state index in [0.717, 1.165) is 16.2 Å². The lowest BCUT2D eigenvalue weighted by Crippen LogP contribution is -2.60. The first-order valence-electron chi connectivity index (χ1n) is 10.5. The van der Waals surface area contributed by atoms with E-state index in [1.165, 1.54) is 11.3 Å². The highest BCUT2D eigenvalue weighted by molar-refractivity contribution is 8.17. The number of aromatic nitrogens is 1. The van der Waals surface area contributed by atoms with Crippen molar-refractivity contribution >= 4 is 62.2 Å². The molecule has 0 aromatic carbocycles. The Hall–Kier alpha value is -2.80. The zero-order chi connectivity index (χ0) is 26.5. The lowest BCUT2D eigenvalue weighted by molar-refractivity contribution is -0.147. The Morgan fingerprint density at radius 3 is 2.67 bits per heavy atom. The summed E-state index contributed by atoms with van der Waals surface area (Å²) in [4.78, 5) is 35.0. The summed E-state index contributed by atoms with van der Waals surface area (Å²) in [7, 11) is 0. The number of nitrogen functional groups attached to an aromatic ring is 2. The summed E-state index contributed by atoms with van der Waals surface area (Å²) in [6.07, 6.45) is 0.215. The standard InChI is InChI=1S/C19H27N7O7S3/c1-10-13(18(28)26(10)36(29,30)31)2-3-23-17(27)15(14-9-35-19(22)24-14)25-33-5-4-32-7-12-6-11(8-34-12)16(20)21/h6,8-10,13,29-31H,2-5,7H2,1H3,(H3,20,21)(H2,22,24)(H,23,27). The third kappa shape index (κ3) is 6.90. The first kappa shape index (κ1) is 27.8. The minimum atomic E-state index is -4.10. The van der Waals surface area contributed by atoms with Gasteiger partial charge in [-0.2, -0.15) is 0 Å². The molecule has 2 aromatic heterocycles. The molecule has 3 heterocycles. The van der Waals surface area contributed by atoms with Crippen molar-refractivity contribution in [2.24, 2.45) is 16.8 Å². The number of hydrogen-bond acceptors (Lipinski definition) is 13. The Labute approximate surface area is 216 Å². The maximum absolute atomic E-state index is 12.7. The molecule has 2 unspecified atom stereocenters. The van der Waals surface area contributed by atoms with Crippen LogP contribution in [0.1, 0.15) is 29.5 Å². The van der Waals surface area contributed by atoms with E-state index in [1.807, 2.05) is 0 Å². The average molecular weight is 562 g/mol. The first-order chi connectivity index (χ1) is 17.0. The van der Waals surface area contributed by atoms with Crippen LogP contribution in [-0.2, 0) is 25.8 Å². The fourth-order valence-corrected chi connectivity index (χ4v) is 5.70. The molecule has 17 heteroatoms. The second kappa shape index (κ2) is 12.0. The van der Waals surface area contributed by atoms with Crippen LogP contribution in [0.15, 0.2) is 22.0 Å². The van der Waals surface area contributed by atoms with E-state index < -0.39 is 34.8 Å². The zero-order valence-corrected chi connectivity index (χ0v) is 21.6. The molecule has 2 amide bonds. The molecule has 1 saturated heterocycles. The van der Waals surface area contributed by atoms with Crippen LogP contribution in [0.4, 0.5) is 5.13 Å². The van der Waals surface area contributed by atoms with Crippen molar-refractivity contribution in [1.82, 2.24) is 14.6 Å². The van der Waals surface area contributed by atoms with Gasteiger partial charge in [0.05, 0.1) is 25.2 Å². The van der Waals surface area contributed by atoms with E-state index in [2.05, 4.69) is 15.5 Å². The van der Waals surface area contributed by atoms with Crippen molar-refractivity contribution in [3.05, 3.63) is 33.0 Å². The molecule has 9 N–H and O–H groups in total. The number of thiophene rings is 1. The van der Waals surface area contributed by atoms with Gasteiger partial charge >= 0.3 is 0 Å². The van der Waals surface area contributed by atoms with Gasteiger partial charge in [-0.1, -0.05) is 5.16 Å². The van der Waals surface area contributed by atoms with Gasteiger partial charge < -0.3 is 26.4 Å². The van der Waals surface area contributed by atoms with Gasteiger partial charge in [0.25, 0.3) is 5.91 Å². The predicted molar refractivity (Wildman–Crippen MR) is 137 cm³/mol. The number of oxime groups is 1. The highest BCUT2D eigenvalue weighted by Crippen LogP contribution is 2.48. The quantitative estimate of drug-likeness (QED) is 0.0612. The highest BCUT2D eigenvalue weighted by Gasteiger charge is 2.51. The number of nitrogens with zero attached hydrogens (tertiary/aromatic N) is 3. The molecule has 14 nitrogen and oxygen atoms in total. The highest BCUT2D eigenvalue weighted by atomic mass is 32.3. The van der Waals surface area contributed by atoms with Gasteiger partial charge in [0.1, 0.15) is 18.1 Å². The van der Waals surface area contributed by atoms with Crippen LogP contribution < -0.4 is 16.8 Å². The minimum Gasteiger partial charge on any atom is -0.393 e. The number of nitrogens with one attached hydrogen (secondary N) is 2. The molecule has 0 saturated carbocycles. The van der Waals surface area contributed by atoms with E-state index in [4.69, 9.17) is 26.5 Å². The zero-order valence-electron chi connectivity index (χ0n) is 19.1. The number of hydrogen-bond donors (Lipinski definition) is 7. The van der Waals surface area contributed by atoms with E-state index in [-0.39, 0.29) is 48.6 Å². The molecule has 1 fully saturated rings. The number of anilines is 1. The van der Waals surface area contributed by atoms with Gasteiger partial charge in [0, 0.05) is 27.7 Å². The summed E-state index contributed by atoms with van der Waals surface area (Å²) in [6, 6.07) is 1.17. The summed E-state index contributed by atoms with van der Waals surface area (Å²) in [5.41, 5.74) is 11.9. The van der Waals surface area contributed by atoms with Gasteiger partial charge in [-0.05, 0) is 19.4 Å². The smallest absolute Gasteiger partial charge is 0.275 e. The number of carbonyl (C=O) groups excluding carboxylic acids is 2. The van der Waals surface area contributed by atoms with Crippen molar-refractivity contribution in [3.8, 4) is 0 Å². The number of ether oxygens (including phenoxy) is 1. The van der Waals surface area contributed by atoms with Gasteiger partial charge in [-0.3, -0.25) is 28.7 Å². The SMILES string of the molecule is CC1C(CCNC(=O)C(=NOCCOCc2cc(C(=N)N)cs2)c2csc(N)n2)C(=O)N1S(O)(O)O. The van der Waals surface area contributed by atoms with Crippen LogP contribution in [0.3, 0.4) is 0 Å². The van der Waals surface area contributed by atoms with Crippen molar-refractivity contribution < 1.29 is 32.8 Å². The van der Waals surface area contributed by atoms with Crippen molar-refractivity contribution in [3.63, 3.8) is 0 Å². The van der Waals surface area contributed by atoms with Crippen molar-refractivity contribution in [1.29, 1.82) is 5.41 Å². The van der Waals surface area contributed by atoms with E-state index in [9.17, 15) is 23.2 Å². The predicted octanol–water partition coefficient (Wildman–Crippen LogP) is 1.50. The Kier molecular flexibility index (Phi) is 9.23. The van der Waals surface area contributed by atoms with Crippen LogP contribution in [0, 0.1) is 11.3 Å². The molecule has 2 aromatic rings. The van der Waals surface area contributed by atoms with Crippen molar-refractivity contribution in [2.75, 3.05) is 25.5 Å². The van der Waals surface area contributed by atoms with Crippen LogP contribution in [0.5, 0.6) is 0 Å². The van der Waals surface area contributed by atoms with Gasteiger partial charge in [-0.25, -0.2) is 9.29 Å². The maximum Gasteiger partial charge on any atom is 0.275 e. The Bertz CT molecular complexity index is 1130. The number of amidine groups is 1. The second-order valence-corrected chi connectivity index (χ2v) is 10.9. The molecular weight excluding hydrogens is 534 g/mol. The molecular formula is C19H27N7O7S3. The monoisotopic (exact) mass is 561 g/mol. The Morgan fingerprint density at radius 1 is 1.33 bits per heavy atom. The van der Waals surface area contributed by atoms with E-state index in [0.29, 0.717) is 16.5 Å². The summed E-state index contributed by atoms with van der Waals surface area (Å²) in [6.45, 7) is 2.21. The molecule has 0 aliphatic carbocycles. The summed E-state index contributed by atoms with van der Waals surface area (Å²) in [5.74, 6) is -1.80. The lowest BCUT2D eigenvalue weighted by Gasteiger charge is -2.49. The molecule has 1 aliphatic heterocycles. The van der Waals surface area contributed by atoms with E-state index >= 15 is 0 Å². The van der Waals surface area contributed by atoms with E-state index in [1.54, 1.807) is 23.8 Å². The van der Waals surface area contributed by atoms with Crippen LogP contribution in [-0.4, -0.2) is 72.1 Å². The number of thiazole rings is 1. The van der Waals surface area contributed by atoms with Gasteiger partial charge in [-0.15, -0.1) is 22.7 Å². The third-order valence-electron chi connectivity index (χ3n) is 5.15. The first-order valence-corrected chi connectivity index (χ1v) is 13.7. The third-order valence-corrected chi connectivity index (χ3v) is 7.78. The summed E-state index contributed by atoms with van der Waals surface area (Å²) < 4.78 is 34.0. The number of carbonyl (C=O) groups is 2. The topological polar surface area (TPSA) is 230 Å². The summed E-state index contributed by atoms with van der Waals surface area (Å²) >= 11 is -1.55. The normalized spacial score (nSPS) is 18.6. The second-order valence-electron chi connectivity index (χ2n) is 7.66. The number of amides is 2. The molecule has 3 rings (SSSR count). The van der Waals surface area contributed by atoms with Crippen molar-refractivity contribution in [2.45, 2.75) is 26.0 Å². The fraction of sp³-hybridized carbons (Fsp3) is 0.421. The number of nitrogens with two attached hydrogens (primary N) is 2. The maximum atomic E-state index is 12.7. The van der Waals surface area contributed by atoms with Crippen LogP contribution in [0.2, 0.25) is 0 Å². The Balaban J connectivity index is 1.48. The molecule has 0 bridgehead atoms. The summed E-state index contributed by atoms with van der Waals surface area (Å²) in [5, 5.41) is 17.5. The minimum absolute atomic E-state index is 0.0112. The molecule has 2 atom stereocenters.